The van der Waals surface area contributed by atoms with Crippen LogP contribution in [0.1, 0.15) is 5.56 Å². The van der Waals surface area contributed by atoms with Gasteiger partial charge in [0.25, 0.3) is 0 Å². The Morgan fingerprint density at radius 1 is 1.00 bits per heavy atom. The molecule has 0 bridgehead atoms. The van der Waals surface area contributed by atoms with E-state index in [1.54, 1.807) is 48.5 Å². The van der Waals surface area contributed by atoms with Crippen LogP contribution >= 0.6 is 23.4 Å². The molecule has 2 N–H and O–H groups in total. The van der Waals surface area contributed by atoms with Gasteiger partial charge in [0.15, 0.2) is 0 Å². The number of carbonyl (C=O) groups excluding carboxylic acids is 1. The Kier molecular flexibility index (Phi) is 6.11. The first-order chi connectivity index (χ1) is 13.3. The Balaban J connectivity index is 1.76. The van der Waals surface area contributed by atoms with E-state index < -0.39 is 17.8 Å². The van der Waals surface area contributed by atoms with Crippen LogP contribution < -0.4 is 10.6 Å². The van der Waals surface area contributed by atoms with Gasteiger partial charge >= 0.3 is 12.2 Å². The lowest BCUT2D eigenvalue weighted by atomic mass is 10.3. The molecule has 0 fully saturated rings. The van der Waals surface area contributed by atoms with Crippen LogP contribution in [-0.2, 0) is 6.18 Å². The van der Waals surface area contributed by atoms with E-state index in [1.165, 1.54) is 0 Å². The van der Waals surface area contributed by atoms with Gasteiger partial charge in [-0.3, -0.25) is 0 Å². The zero-order chi connectivity index (χ0) is 20.1. The van der Waals surface area contributed by atoms with Crippen molar-refractivity contribution in [2.75, 3.05) is 10.6 Å². The Morgan fingerprint density at radius 2 is 1.68 bits per heavy atom. The number of carbonyl (C=O) groups is 1. The monoisotopic (exact) mass is 423 g/mol. The number of alkyl halides is 3. The topological polar surface area (TPSA) is 54.0 Å². The lowest BCUT2D eigenvalue weighted by Gasteiger charge is -2.13. The number of anilines is 2. The van der Waals surface area contributed by atoms with Gasteiger partial charge in [-0.25, -0.2) is 9.78 Å². The molecule has 0 unspecified atom stereocenters. The van der Waals surface area contributed by atoms with E-state index in [0.29, 0.717) is 16.3 Å². The molecule has 3 rings (SSSR count). The predicted octanol–water partition coefficient (Wildman–Crippen LogP) is 6.55. The van der Waals surface area contributed by atoms with Crippen molar-refractivity contribution in [1.29, 1.82) is 0 Å². The summed E-state index contributed by atoms with van der Waals surface area (Å²) in [6.45, 7) is 0. The first-order valence-electron chi connectivity index (χ1n) is 7.95. The highest BCUT2D eigenvalue weighted by molar-refractivity contribution is 7.99. The Labute approximate surface area is 168 Å². The molecule has 0 saturated heterocycles. The molecule has 28 heavy (non-hydrogen) atoms. The summed E-state index contributed by atoms with van der Waals surface area (Å²) in [5.74, 6) is 0. The number of amides is 2. The second-order valence-corrected chi connectivity index (χ2v) is 6.99. The van der Waals surface area contributed by atoms with Gasteiger partial charge in [0.05, 0.1) is 16.3 Å². The van der Waals surface area contributed by atoms with Gasteiger partial charge in [0.2, 0.25) is 0 Å². The van der Waals surface area contributed by atoms with Crippen molar-refractivity contribution >= 4 is 40.8 Å². The Morgan fingerprint density at radius 3 is 2.36 bits per heavy atom. The van der Waals surface area contributed by atoms with E-state index in [2.05, 4.69) is 15.6 Å². The number of para-hydroxylation sites is 2. The van der Waals surface area contributed by atoms with Crippen LogP contribution in [-0.4, -0.2) is 11.0 Å². The van der Waals surface area contributed by atoms with Crippen molar-refractivity contribution in [1.82, 2.24) is 4.98 Å². The number of nitrogens with zero attached hydrogens (tertiary/aromatic N) is 1. The zero-order valence-corrected chi connectivity index (χ0v) is 15.7. The number of hydrogen-bond acceptors (Lipinski definition) is 3. The van der Waals surface area contributed by atoms with Gasteiger partial charge in [-0.05, 0) is 30.3 Å². The van der Waals surface area contributed by atoms with Crippen molar-refractivity contribution in [3.8, 4) is 0 Å². The molecule has 0 saturated carbocycles. The van der Waals surface area contributed by atoms with Crippen LogP contribution in [0.5, 0.6) is 0 Å². The third-order valence-corrected chi connectivity index (χ3v) is 5.00. The number of urea groups is 1. The molecule has 0 aliphatic rings. The van der Waals surface area contributed by atoms with E-state index >= 15 is 0 Å². The highest BCUT2D eigenvalue weighted by Crippen LogP contribution is 2.38. The third-order valence-electron chi connectivity index (χ3n) is 3.51. The molecule has 0 radical (unpaired) electrons. The minimum absolute atomic E-state index is 0.122. The standard InChI is InChI=1S/C19H13ClF3N3OS/c20-14-10-12(19(21,22)23)11-24-17(14)28-16-9-5-4-8-15(16)26-18(27)25-13-6-2-1-3-7-13/h1-11H,(H2,25,26,27). The van der Waals surface area contributed by atoms with Crippen LogP contribution in [0.4, 0.5) is 29.3 Å². The van der Waals surface area contributed by atoms with Crippen molar-refractivity contribution < 1.29 is 18.0 Å². The molecular formula is C19H13ClF3N3OS. The van der Waals surface area contributed by atoms with Crippen LogP contribution in [0.3, 0.4) is 0 Å². The summed E-state index contributed by atoms with van der Waals surface area (Å²) in [5, 5.41) is 5.48. The van der Waals surface area contributed by atoms with E-state index in [0.717, 1.165) is 24.0 Å². The minimum Gasteiger partial charge on any atom is -0.308 e. The maximum absolute atomic E-state index is 12.8. The van der Waals surface area contributed by atoms with Crippen LogP contribution in [0, 0.1) is 0 Å². The summed E-state index contributed by atoms with van der Waals surface area (Å²) < 4.78 is 38.3. The van der Waals surface area contributed by atoms with Gasteiger partial charge in [0, 0.05) is 16.8 Å². The van der Waals surface area contributed by atoms with E-state index in [9.17, 15) is 18.0 Å². The first-order valence-corrected chi connectivity index (χ1v) is 9.15. The molecule has 2 amide bonds. The first kappa shape index (κ1) is 20.0. The number of benzene rings is 2. The van der Waals surface area contributed by atoms with E-state index in [1.807, 2.05) is 6.07 Å². The smallest absolute Gasteiger partial charge is 0.308 e. The number of aromatic nitrogens is 1. The predicted molar refractivity (Wildman–Crippen MR) is 104 cm³/mol. The largest absolute Gasteiger partial charge is 0.417 e. The van der Waals surface area contributed by atoms with Crippen molar-refractivity contribution in [3.63, 3.8) is 0 Å². The average molecular weight is 424 g/mol. The molecule has 1 aromatic heterocycles. The molecule has 0 aliphatic heterocycles. The van der Waals surface area contributed by atoms with Crippen molar-refractivity contribution in [3.05, 3.63) is 77.4 Å². The fourth-order valence-electron chi connectivity index (χ4n) is 2.22. The maximum atomic E-state index is 12.8. The number of rotatable bonds is 4. The molecule has 0 atom stereocenters. The van der Waals surface area contributed by atoms with Crippen molar-refractivity contribution in [2.45, 2.75) is 16.1 Å². The second-order valence-electron chi connectivity index (χ2n) is 5.55. The van der Waals surface area contributed by atoms with Gasteiger partial charge in [-0.1, -0.05) is 53.7 Å². The number of halogens is 4. The maximum Gasteiger partial charge on any atom is 0.417 e. The molecule has 3 aromatic rings. The molecule has 1 heterocycles. The zero-order valence-electron chi connectivity index (χ0n) is 14.1. The fourth-order valence-corrected chi connectivity index (χ4v) is 3.35. The lowest BCUT2D eigenvalue weighted by molar-refractivity contribution is -0.137. The number of hydrogen-bond donors (Lipinski definition) is 2. The van der Waals surface area contributed by atoms with Crippen LogP contribution in [0.25, 0.3) is 0 Å². The average Bonchev–Trinajstić information content (AvgIpc) is 2.65. The van der Waals surface area contributed by atoms with Crippen LogP contribution in [0.15, 0.2) is 76.8 Å². The summed E-state index contributed by atoms with van der Waals surface area (Å²) in [6.07, 6.45) is -3.79. The summed E-state index contributed by atoms with van der Waals surface area (Å²) >= 11 is 7.02. The molecular weight excluding hydrogens is 411 g/mol. The summed E-state index contributed by atoms with van der Waals surface area (Å²) in [4.78, 5) is 16.6. The summed E-state index contributed by atoms with van der Waals surface area (Å²) in [7, 11) is 0. The van der Waals surface area contributed by atoms with Gasteiger partial charge in [-0.15, -0.1) is 0 Å². The highest BCUT2D eigenvalue weighted by Gasteiger charge is 2.31. The summed E-state index contributed by atoms with van der Waals surface area (Å²) in [5.41, 5.74) is 0.173. The van der Waals surface area contributed by atoms with Gasteiger partial charge in [-0.2, -0.15) is 13.2 Å². The Bertz CT molecular complexity index is 984. The van der Waals surface area contributed by atoms with Gasteiger partial charge in [0.1, 0.15) is 5.03 Å². The van der Waals surface area contributed by atoms with Gasteiger partial charge < -0.3 is 10.6 Å². The highest BCUT2D eigenvalue weighted by atomic mass is 35.5. The van der Waals surface area contributed by atoms with E-state index in [-0.39, 0.29) is 10.0 Å². The minimum atomic E-state index is -4.52. The molecule has 0 aliphatic carbocycles. The molecule has 4 nitrogen and oxygen atoms in total. The van der Waals surface area contributed by atoms with Crippen molar-refractivity contribution in [2.24, 2.45) is 0 Å². The summed E-state index contributed by atoms with van der Waals surface area (Å²) in [6, 6.07) is 16.1. The molecule has 9 heteroatoms. The molecule has 2 aromatic carbocycles. The SMILES string of the molecule is O=C(Nc1ccccc1)Nc1ccccc1Sc1ncc(C(F)(F)F)cc1Cl. The fraction of sp³-hybridized carbons (Fsp3) is 0.0526. The lowest BCUT2D eigenvalue weighted by Crippen LogP contribution is -2.19. The number of pyridine rings is 1. The van der Waals surface area contributed by atoms with E-state index in [4.69, 9.17) is 11.6 Å². The van der Waals surface area contributed by atoms with Crippen LogP contribution in [0.2, 0.25) is 5.02 Å². The third kappa shape index (κ3) is 5.17. The molecule has 0 spiro atoms. The Hall–Kier alpha value is -2.71. The molecule has 144 valence electrons. The normalized spacial score (nSPS) is 11.1. The second kappa shape index (κ2) is 8.53. The number of nitrogens with one attached hydrogen (secondary N) is 2. The quantitative estimate of drug-likeness (QED) is 0.500.